The first-order valence-electron chi connectivity index (χ1n) is 6.04. The van der Waals surface area contributed by atoms with Crippen molar-refractivity contribution in [1.29, 1.82) is 0 Å². The van der Waals surface area contributed by atoms with E-state index in [2.05, 4.69) is 5.32 Å². The van der Waals surface area contributed by atoms with Gasteiger partial charge in [0.05, 0.1) is 7.11 Å². The summed E-state index contributed by atoms with van der Waals surface area (Å²) in [6.45, 7) is 1.79. The van der Waals surface area contributed by atoms with E-state index < -0.39 is 11.6 Å². The van der Waals surface area contributed by atoms with Crippen LogP contribution in [0.5, 0.6) is 5.75 Å². The van der Waals surface area contributed by atoms with Crippen LogP contribution in [0.1, 0.15) is 11.1 Å². The van der Waals surface area contributed by atoms with Crippen LogP contribution in [0, 0.1) is 18.6 Å². The van der Waals surface area contributed by atoms with Crippen molar-refractivity contribution < 1.29 is 13.5 Å². The van der Waals surface area contributed by atoms with Crippen LogP contribution < -0.4 is 10.1 Å². The van der Waals surface area contributed by atoms with E-state index >= 15 is 0 Å². The Balaban J connectivity index is 2.25. The second-order valence-corrected chi connectivity index (χ2v) is 4.80. The largest absolute Gasteiger partial charge is 0.496 e. The third-order valence-electron chi connectivity index (χ3n) is 2.98. The van der Waals surface area contributed by atoms with Crippen molar-refractivity contribution in [2.75, 3.05) is 12.4 Å². The highest BCUT2D eigenvalue weighted by atomic mass is 35.5. The Morgan fingerprint density at radius 3 is 2.65 bits per heavy atom. The molecule has 0 saturated carbocycles. The number of rotatable bonds is 4. The molecule has 0 saturated heterocycles. The number of anilines is 1. The minimum Gasteiger partial charge on any atom is -0.496 e. The summed E-state index contributed by atoms with van der Waals surface area (Å²) in [7, 11) is 1.53. The summed E-state index contributed by atoms with van der Waals surface area (Å²) in [5.41, 5.74) is 0.958. The summed E-state index contributed by atoms with van der Waals surface area (Å²) in [4.78, 5) is 0. The topological polar surface area (TPSA) is 21.3 Å². The molecule has 106 valence electrons. The van der Waals surface area contributed by atoms with Crippen LogP contribution in [0.15, 0.2) is 30.3 Å². The number of nitrogens with one attached hydrogen (secondary N) is 1. The summed E-state index contributed by atoms with van der Waals surface area (Å²) in [6, 6.07) is 7.73. The number of halogens is 3. The molecule has 0 amide bonds. The van der Waals surface area contributed by atoms with E-state index in [-0.39, 0.29) is 12.2 Å². The van der Waals surface area contributed by atoms with E-state index in [4.69, 9.17) is 16.3 Å². The average molecular weight is 298 g/mol. The van der Waals surface area contributed by atoms with Crippen LogP contribution in [0.2, 0.25) is 5.02 Å². The summed E-state index contributed by atoms with van der Waals surface area (Å²) >= 11 is 5.91. The predicted molar refractivity (Wildman–Crippen MR) is 76.4 cm³/mol. The summed E-state index contributed by atoms with van der Waals surface area (Å²) in [5.74, 6) is -0.615. The molecule has 0 radical (unpaired) electrons. The molecule has 2 aromatic carbocycles. The second-order valence-electron chi connectivity index (χ2n) is 4.36. The molecule has 0 aromatic heterocycles. The number of hydrogen-bond donors (Lipinski definition) is 1. The Morgan fingerprint density at radius 2 is 1.95 bits per heavy atom. The number of aryl methyl sites for hydroxylation is 1. The highest BCUT2D eigenvalue weighted by Crippen LogP contribution is 2.26. The minimum atomic E-state index is -0.630. The number of ether oxygens (including phenoxy) is 1. The minimum absolute atomic E-state index is 0.146. The average Bonchev–Trinajstić information content (AvgIpc) is 2.43. The molecule has 2 nitrogen and oxygen atoms in total. The maximum absolute atomic E-state index is 13.9. The van der Waals surface area contributed by atoms with E-state index in [0.717, 1.165) is 5.56 Å². The predicted octanol–water partition coefficient (Wildman–Crippen LogP) is 4.55. The van der Waals surface area contributed by atoms with Crippen molar-refractivity contribution in [3.63, 3.8) is 0 Å². The number of benzene rings is 2. The lowest BCUT2D eigenvalue weighted by Gasteiger charge is -2.13. The van der Waals surface area contributed by atoms with E-state index in [0.29, 0.717) is 16.3 Å². The van der Waals surface area contributed by atoms with Crippen LogP contribution in [-0.2, 0) is 6.54 Å². The number of methoxy groups -OCH3 is 1. The molecule has 0 fully saturated rings. The van der Waals surface area contributed by atoms with Gasteiger partial charge in [-0.2, -0.15) is 0 Å². The van der Waals surface area contributed by atoms with Crippen LogP contribution in [0.3, 0.4) is 0 Å². The standard InChI is InChI=1S/C15H14ClF2NO/c1-9-3-5-12(17)15(14(9)18)19-8-10-7-11(16)4-6-13(10)20-2/h3-7,19H,8H2,1-2H3. The third kappa shape index (κ3) is 3.02. The molecule has 20 heavy (non-hydrogen) atoms. The molecule has 1 N–H and O–H groups in total. The van der Waals surface area contributed by atoms with Gasteiger partial charge in [-0.05, 0) is 36.8 Å². The highest BCUT2D eigenvalue weighted by Gasteiger charge is 2.12. The zero-order chi connectivity index (χ0) is 14.7. The molecule has 0 heterocycles. The Bertz CT molecular complexity index is 632. The molecule has 0 aliphatic rings. The Kier molecular flexibility index (Phi) is 4.45. The molecule has 2 rings (SSSR count). The molecular weight excluding hydrogens is 284 g/mol. The van der Waals surface area contributed by atoms with Gasteiger partial charge in [-0.25, -0.2) is 8.78 Å². The van der Waals surface area contributed by atoms with Gasteiger partial charge in [0.1, 0.15) is 17.3 Å². The van der Waals surface area contributed by atoms with Crippen molar-refractivity contribution in [1.82, 2.24) is 0 Å². The third-order valence-corrected chi connectivity index (χ3v) is 3.22. The highest BCUT2D eigenvalue weighted by molar-refractivity contribution is 6.30. The van der Waals surface area contributed by atoms with Gasteiger partial charge in [-0.15, -0.1) is 0 Å². The normalized spacial score (nSPS) is 10.4. The maximum atomic E-state index is 13.9. The first kappa shape index (κ1) is 14.6. The van der Waals surface area contributed by atoms with Gasteiger partial charge in [-0.3, -0.25) is 0 Å². The van der Waals surface area contributed by atoms with Gasteiger partial charge in [0.25, 0.3) is 0 Å². The second kappa shape index (κ2) is 6.09. The fourth-order valence-electron chi connectivity index (χ4n) is 1.89. The quantitative estimate of drug-likeness (QED) is 0.894. The first-order chi connectivity index (χ1) is 9.52. The van der Waals surface area contributed by atoms with Crippen molar-refractivity contribution in [2.24, 2.45) is 0 Å². The van der Waals surface area contributed by atoms with Gasteiger partial charge < -0.3 is 10.1 Å². The summed E-state index contributed by atoms with van der Waals surface area (Å²) in [5, 5.41) is 3.29. The molecule has 0 spiro atoms. The van der Waals surface area contributed by atoms with Crippen molar-refractivity contribution in [2.45, 2.75) is 13.5 Å². The van der Waals surface area contributed by atoms with Gasteiger partial charge in [0.15, 0.2) is 5.82 Å². The van der Waals surface area contributed by atoms with Crippen LogP contribution >= 0.6 is 11.6 Å². The van der Waals surface area contributed by atoms with Gasteiger partial charge in [-0.1, -0.05) is 17.7 Å². The molecule has 0 aliphatic heterocycles. The van der Waals surface area contributed by atoms with Crippen LogP contribution in [0.4, 0.5) is 14.5 Å². The lowest BCUT2D eigenvalue weighted by atomic mass is 10.1. The van der Waals surface area contributed by atoms with Crippen molar-refractivity contribution in [3.8, 4) is 5.75 Å². The first-order valence-corrected chi connectivity index (χ1v) is 6.41. The molecule has 0 unspecified atom stereocenters. The molecule has 0 bridgehead atoms. The fraction of sp³-hybridized carbons (Fsp3) is 0.200. The van der Waals surface area contributed by atoms with E-state index in [1.165, 1.54) is 19.2 Å². The van der Waals surface area contributed by atoms with Crippen molar-refractivity contribution >= 4 is 17.3 Å². The van der Waals surface area contributed by atoms with E-state index in [9.17, 15) is 8.78 Å². The smallest absolute Gasteiger partial charge is 0.152 e. The van der Waals surface area contributed by atoms with E-state index in [1.807, 2.05) is 0 Å². The zero-order valence-electron chi connectivity index (χ0n) is 11.1. The Labute approximate surface area is 121 Å². The zero-order valence-corrected chi connectivity index (χ0v) is 11.9. The summed E-state index contributed by atoms with van der Waals surface area (Å²) < 4.78 is 32.7. The lowest BCUT2D eigenvalue weighted by Crippen LogP contribution is -2.06. The molecule has 2 aromatic rings. The Hall–Kier alpha value is -1.81. The molecule has 0 atom stereocenters. The molecular formula is C15H14ClF2NO. The van der Waals surface area contributed by atoms with Gasteiger partial charge in [0, 0.05) is 17.1 Å². The van der Waals surface area contributed by atoms with Crippen LogP contribution in [0.25, 0.3) is 0 Å². The monoisotopic (exact) mass is 297 g/mol. The Morgan fingerprint density at radius 1 is 1.20 bits per heavy atom. The van der Waals surface area contributed by atoms with Gasteiger partial charge in [0.2, 0.25) is 0 Å². The number of hydrogen-bond acceptors (Lipinski definition) is 2. The molecule has 0 aliphatic carbocycles. The van der Waals surface area contributed by atoms with Crippen LogP contribution in [-0.4, -0.2) is 7.11 Å². The fourth-order valence-corrected chi connectivity index (χ4v) is 2.08. The van der Waals surface area contributed by atoms with Crippen molar-refractivity contribution in [3.05, 3.63) is 58.1 Å². The maximum Gasteiger partial charge on any atom is 0.152 e. The van der Waals surface area contributed by atoms with Gasteiger partial charge >= 0.3 is 0 Å². The molecule has 5 heteroatoms. The van der Waals surface area contributed by atoms with E-state index in [1.54, 1.807) is 25.1 Å². The SMILES string of the molecule is COc1ccc(Cl)cc1CNc1c(F)ccc(C)c1F. The lowest BCUT2D eigenvalue weighted by molar-refractivity contribution is 0.410. The summed E-state index contributed by atoms with van der Waals surface area (Å²) in [6.07, 6.45) is 0.